The monoisotopic (exact) mass is 602 g/mol. The number of hydrogen-bond acceptors (Lipinski definition) is 6. The lowest BCUT2D eigenvalue weighted by Gasteiger charge is -2.36. The van der Waals surface area contributed by atoms with Crippen LogP contribution in [0.1, 0.15) is 95.2 Å². The number of aromatic nitrogens is 1. The molecular formula is C36H43FN2O5. The summed E-state index contributed by atoms with van der Waals surface area (Å²) in [6, 6.07) is 5.18. The lowest BCUT2D eigenvalue weighted by molar-refractivity contribution is -0.166. The van der Waals surface area contributed by atoms with Crippen LogP contribution in [0, 0.1) is 33.5 Å². The van der Waals surface area contributed by atoms with Crippen molar-refractivity contribution < 1.29 is 28.2 Å². The quantitative estimate of drug-likeness (QED) is 0.281. The molecule has 1 atom stereocenters. The number of esters is 1. The maximum Gasteiger partial charge on any atom is 0.339 e. The molecule has 0 saturated heterocycles. The highest BCUT2D eigenvalue weighted by Crippen LogP contribution is 2.46. The Morgan fingerprint density at radius 1 is 1.05 bits per heavy atom. The molecule has 0 radical (unpaired) electrons. The van der Waals surface area contributed by atoms with E-state index in [2.05, 4.69) is 4.98 Å². The van der Waals surface area contributed by atoms with Gasteiger partial charge >= 0.3 is 5.97 Å². The molecule has 1 aromatic heterocycles. The van der Waals surface area contributed by atoms with E-state index in [-0.39, 0.29) is 12.5 Å². The van der Waals surface area contributed by atoms with Crippen LogP contribution in [0.2, 0.25) is 0 Å². The molecule has 3 aromatic rings. The number of benzene rings is 2. The van der Waals surface area contributed by atoms with E-state index < -0.39 is 23.5 Å². The van der Waals surface area contributed by atoms with Crippen molar-refractivity contribution in [2.24, 2.45) is 0 Å². The molecule has 0 fully saturated rings. The fourth-order valence-corrected chi connectivity index (χ4v) is 6.56. The standard InChI is InChI=1S/C36H43FN2O5/c1-9-42-35(41)33(44-36(6,7)8)31-22(4)25-14-15-39(34(40)24-13-12-20(2)38-18-24)19-28(25)23(5)30(31)27-17-29(37)32-26(21(27)3)11-10-16-43-32/h12-13,17-18,33H,9-11,14-16,19H2,1-8H3/t33-/m0/s1. The molecule has 2 aliphatic rings. The summed E-state index contributed by atoms with van der Waals surface area (Å²) in [6.07, 6.45) is 2.71. The molecular weight excluding hydrogens is 559 g/mol. The van der Waals surface area contributed by atoms with E-state index in [1.54, 1.807) is 13.1 Å². The largest absolute Gasteiger partial charge is 0.490 e. The lowest BCUT2D eigenvalue weighted by atomic mass is 9.78. The van der Waals surface area contributed by atoms with E-state index in [1.807, 2.05) is 65.5 Å². The van der Waals surface area contributed by atoms with Crippen molar-refractivity contribution in [1.82, 2.24) is 9.88 Å². The SMILES string of the molecule is CCOC(=O)[C@@H](OC(C)(C)C)c1c(C)c2c(c(C)c1-c1cc(F)c3c(c1C)CCCO3)CN(C(=O)c1ccc(C)nc1)CC2. The topological polar surface area (TPSA) is 78.0 Å². The smallest absolute Gasteiger partial charge is 0.339 e. The maximum absolute atomic E-state index is 15.7. The zero-order valence-corrected chi connectivity index (χ0v) is 27.2. The summed E-state index contributed by atoms with van der Waals surface area (Å²) in [5, 5.41) is 0. The number of ether oxygens (including phenoxy) is 3. The van der Waals surface area contributed by atoms with Gasteiger partial charge in [-0.15, -0.1) is 0 Å². The molecule has 0 spiro atoms. The van der Waals surface area contributed by atoms with E-state index in [9.17, 15) is 9.59 Å². The van der Waals surface area contributed by atoms with Gasteiger partial charge in [-0.1, -0.05) is 0 Å². The van der Waals surface area contributed by atoms with E-state index >= 15 is 4.39 Å². The van der Waals surface area contributed by atoms with Gasteiger partial charge < -0.3 is 19.1 Å². The normalized spacial score (nSPS) is 15.2. The van der Waals surface area contributed by atoms with Gasteiger partial charge in [0, 0.05) is 36.1 Å². The molecule has 1 amide bonds. The van der Waals surface area contributed by atoms with Crippen molar-refractivity contribution in [2.45, 2.75) is 92.9 Å². The van der Waals surface area contributed by atoms with Gasteiger partial charge in [-0.2, -0.15) is 0 Å². The number of pyridine rings is 1. The zero-order valence-electron chi connectivity index (χ0n) is 27.2. The molecule has 0 unspecified atom stereocenters. The number of carbonyl (C=O) groups is 2. The van der Waals surface area contributed by atoms with Crippen molar-refractivity contribution in [3.8, 4) is 16.9 Å². The van der Waals surface area contributed by atoms with Crippen molar-refractivity contribution in [3.05, 3.63) is 80.4 Å². The lowest BCUT2D eigenvalue weighted by Crippen LogP contribution is -2.37. The molecule has 44 heavy (non-hydrogen) atoms. The van der Waals surface area contributed by atoms with Crippen LogP contribution in [0.5, 0.6) is 5.75 Å². The van der Waals surface area contributed by atoms with Gasteiger partial charge in [0.1, 0.15) is 0 Å². The molecule has 3 heterocycles. The molecule has 5 rings (SSSR count). The number of fused-ring (bicyclic) bond motifs is 2. The van der Waals surface area contributed by atoms with Crippen LogP contribution in [0.15, 0.2) is 24.4 Å². The highest BCUT2D eigenvalue weighted by atomic mass is 19.1. The predicted molar refractivity (Wildman–Crippen MR) is 167 cm³/mol. The van der Waals surface area contributed by atoms with Gasteiger partial charge in [-0.3, -0.25) is 9.78 Å². The molecule has 8 heteroatoms. The molecule has 2 aromatic carbocycles. The van der Waals surface area contributed by atoms with Crippen LogP contribution in [-0.2, 0) is 33.7 Å². The second-order valence-corrected chi connectivity index (χ2v) is 12.8. The van der Waals surface area contributed by atoms with Gasteiger partial charge in [-0.25, -0.2) is 9.18 Å². The minimum atomic E-state index is -1.03. The molecule has 7 nitrogen and oxygen atoms in total. The molecule has 0 aliphatic carbocycles. The third-order valence-electron chi connectivity index (χ3n) is 8.68. The van der Waals surface area contributed by atoms with E-state index in [1.165, 1.54) is 6.07 Å². The van der Waals surface area contributed by atoms with Crippen LogP contribution in [0.3, 0.4) is 0 Å². The molecule has 0 bridgehead atoms. The number of hydrogen-bond donors (Lipinski definition) is 0. The summed E-state index contributed by atoms with van der Waals surface area (Å²) in [5.74, 6) is -0.679. The van der Waals surface area contributed by atoms with Gasteiger partial charge in [0.05, 0.1) is 24.4 Å². The number of rotatable bonds is 6. The Labute approximate surface area is 259 Å². The number of nitrogens with zero attached hydrogens (tertiary/aromatic N) is 2. The molecule has 234 valence electrons. The average molecular weight is 603 g/mol. The summed E-state index contributed by atoms with van der Waals surface area (Å²) >= 11 is 0. The van der Waals surface area contributed by atoms with E-state index in [4.69, 9.17) is 14.2 Å². The van der Waals surface area contributed by atoms with Gasteiger partial charge in [-0.05, 0) is 132 Å². The van der Waals surface area contributed by atoms with Crippen molar-refractivity contribution in [1.29, 1.82) is 0 Å². The summed E-state index contributed by atoms with van der Waals surface area (Å²) in [6.45, 7) is 17.0. The average Bonchev–Trinajstić information content (AvgIpc) is 2.99. The van der Waals surface area contributed by atoms with Crippen LogP contribution >= 0.6 is 0 Å². The van der Waals surface area contributed by atoms with Crippen LogP contribution in [-0.4, -0.2) is 47.1 Å². The Bertz CT molecular complexity index is 1610. The number of halogens is 1. The first-order valence-corrected chi connectivity index (χ1v) is 15.5. The Hall–Kier alpha value is -3.78. The highest BCUT2D eigenvalue weighted by Gasteiger charge is 2.37. The summed E-state index contributed by atoms with van der Waals surface area (Å²) in [7, 11) is 0. The van der Waals surface area contributed by atoms with E-state index in [0.717, 1.165) is 51.1 Å². The highest BCUT2D eigenvalue weighted by molar-refractivity contribution is 5.94. The fraction of sp³-hybridized carbons (Fsp3) is 0.472. The zero-order chi connectivity index (χ0) is 31.9. The third kappa shape index (κ3) is 5.96. The molecule has 2 aliphatic heterocycles. The second kappa shape index (κ2) is 12.3. The summed E-state index contributed by atoms with van der Waals surface area (Å²) < 4.78 is 33.5. The maximum atomic E-state index is 15.7. The molecule has 0 saturated carbocycles. The first kappa shape index (κ1) is 31.6. The fourth-order valence-electron chi connectivity index (χ4n) is 6.56. The third-order valence-corrected chi connectivity index (χ3v) is 8.68. The van der Waals surface area contributed by atoms with Crippen LogP contribution < -0.4 is 4.74 Å². The van der Waals surface area contributed by atoms with E-state index in [0.29, 0.717) is 55.0 Å². The van der Waals surface area contributed by atoms with Crippen molar-refractivity contribution >= 4 is 11.9 Å². The van der Waals surface area contributed by atoms with Gasteiger partial charge in [0.15, 0.2) is 17.7 Å². The number of carbonyl (C=O) groups excluding carboxylic acids is 2. The van der Waals surface area contributed by atoms with Crippen LogP contribution in [0.25, 0.3) is 11.1 Å². The van der Waals surface area contributed by atoms with Gasteiger partial charge in [0.2, 0.25) is 0 Å². The molecule has 0 N–H and O–H groups in total. The predicted octanol–water partition coefficient (Wildman–Crippen LogP) is 7.06. The second-order valence-electron chi connectivity index (χ2n) is 12.8. The van der Waals surface area contributed by atoms with Gasteiger partial charge in [0.25, 0.3) is 5.91 Å². The Morgan fingerprint density at radius 2 is 1.80 bits per heavy atom. The first-order valence-electron chi connectivity index (χ1n) is 15.5. The summed E-state index contributed by atoms with van der Waals surface area (Å²) in [4.78, 5) is 33.4. The van der Waals surface area contributed by atoms with Crippen LogP contribution in [0.4, 0.5) is 4.39 Å². The van der Waals surface area contributed by atoms with Crippen molar-refractivity contribution in [3.63, 3.8) is 0 Å². The summed E-state index contributed by atoms with van der Waals surface area (Å²) in [5.41, 5.74) is 8.51. The first-order chi connectivity index (χ1) is 20.8. The Kier molecular flexibility index (Phi) is 8.85. The minimum Gasteiger partial charge on any atom is -0.490 e. The number of aryl methyl sites for hydroxylation is 1. The van der Waals surface area contributed by atoms with Crippen molar-refractivity contribution in [2.75, 3.05) is 19.8 Å². The number of amides is 1. The Balaban J connectivity index is 1.75. The Morgan fingerprint density at radius 3 is 2.45 bits per heavy atom. The minimum absolute atomic E-state index is 0.0838.